The van der Waals surface area contributed by atoms with E-state index in [9.17, 15) is 9.59 Å². The molecule has 6 nitrogen and oxygen atoms in total. The van der Waals surface area contributed by atoms with Crippen molar-refractivity contribution in [1.29, 1.82) is 0 Å². The minimum Gasteiger partial charge on any atom is -0.493 e. The van der Waals surface area contributed by atoms with Crippen molar-refractivity contribution in [1.82, 2.24) is 0 Å². The molecular formula is C19H21NO5S. The summed E-state index contributed by atoms with van der Waals surface area (Å²) in [5, 5.41) is 2.69. The number of nitrogens with one attached hydrogen (secondary N) is 1. The van der Waals surface area contributed by atoms with Crippen LogP contribution >= 0.6 is 11.8 Å². The largest absolute Gasteiger partial charge is 0.493 e. The molecular weight excluding hydrogens is 354 g/mol. The monoisotopic (exact) mass is 375 g/mol. The first-order valence-corrected chi connectivity index (χ1v) is 9.09. The third-order valence-electron chi connectivity index (χ3n) is 3.63. The van der Waals surface area contributed by atoms with Gasteiger partial charge in [0.05, 0.1) is 19.8 Å². The molecule has 0 saturated carbocycles. The van der Waals surface area contributed by atoms with Crippen molar-refractivity contribution < 1.29 is 23.8 Å². The molecule has 0 aliphatic rings. The Morgan fingerprint density at radius 3 is 2.23 bits per heavy atom. The van der Waals surface area contributed by atoms with Crippen LogP contribution in [0.25, 0.3) is 0 Å². The van der Waals surface area contributed by atoms with Gasteiger partial charge in [-0.3, -0.25) is 4.79 Å². The van der Waals surface area contributed by atoms with Crippen molar-refractivity contribution in [3.8, 4) is 11.5 Å². The highest BCUT2D eigenvalue weighted by Gasteiger charge is 2.19. The van der Waals surface area contributed by atoms with Crippen LogP contribution in [0.3, 0.4) is 0 Å². The van der Waals surface area contributed by atoms with Crippen molar-refractivity contribution >= 4 is 29.3 Å². The molecule has 0 fully saturated rings. The third kappa shape index (κ3) is 4.92. The second-order valence-electron chi connectivity index (χ2n) is 5.34. The van der Waals surface area contributed by atoms with Crippen molar-refractivity contribution in [2.24, 2.45) is 0 Å². The molecule has 7 heteroatoms. The summed E-state index contributed by atoms with van der Waals surface area (Å²) in [6.07, 6.45) is 1.00. The third-order valence-corrected chi connectivity index (χ3v) is 4.37. The van der Waals surface area contributed by atoms with Crippen molar-refractivity contribution in [3.05, 3.63) is 48.0 Å². The van der Waals surface area contributed by atoms with E-state index in [0.29, 0.717) is 22.7 Å². The normalized spacial score (nSPS) is 11.4. The lowest BCUT2D eigenvalue weighted by molar-refractivity contribution is -0.123. The highest BCUT2D eigenvalue weighted by molar-refractivity contribution is 7.98. The average Bonchev–Trinajstić information content (AvgIpc) is 2.67. The van der Waals surface area contributed by atoms with Crippen molar-refractivity contribution in [2.75, 3.05) is 25.8 Å². The van der Waals surface area contributed by atoms with Crippen LogP contribution in [0.4, 0.5) is 5.69 Å². The van der Waals surface area contributed by atoms with Crippen LogP contribution in [0.1, 0.15) is 17.3 Å². The van der Waals surface area contributed by atoms with Crippen LogP contribution in [-0.4, -0.2) is 38.5 Å². The first-order valence-electron chi connectivity index (χ1n) is 7.86. The summed E-state index contributed by atoms with van der Waals surface area (Å²) in [6.45, 7) is 1.52. The first-order chi connectivity index (χ1) is 12.5. The maximum absolute atomic E-state index is 12.3. The summed E-state index contributed by atoms with van der Waals surface area (Å²) >= 11 is 1.58. The highest BCUT2D eigenvalue weighted by Crippen LogP contribution is 2.29. The number of hydrogen-bond donors (Lipinski definition) is 1. The van der Waals surface area contributed by atoms with E-state index in [1.807, 2.05) is 18.4 Å². The Bertz CT molecular complexity index is 776. The van der Waals surface area contributed by atoms with Gasteiger partial charge in [-0.05, 0) is 49.6 Å². The van der Waals surface area contributed by atoms with Crippen LogP contribution in [0.2, 0.25) is 0 Å². The van der Waals surface area contributed by atoms with Gasteiger partial charge in [0.1, 0.15) is 0 Å². The van der Waals surface area contributed by atoms with Crippen LogP contribution in [0.5, 0.6) is 11.5 Å². The number of ether oxygens (including phenoxy) is 3. The average molecular weight is 375 g/mol. The predicted octanol–water partition coefficient (Wildman–Crippen LogP) is 3.61. The standard InChI is InChI=1S/C19H21NO5S/c1-12(25-19(22)13-5-8-15(26-4)9-6-13)18(21)20-14-7-10-16(23-2)17(11-14)24-3/h5-12H,1-4H3,(H,20,21)/t12-/m1/s1. The number of rotatable bonds is 7. The second-order valence-corrected chi connectivity index (χ2v) is 6.21. The Kier molecular flexibility index (Phi) is 6.91. The summed E-state index contributed by atoms with van der Waals surface area (Å²) in [4.78, 5) is 25.5. The summed E-state index contributed by atoms with van der Waals surface area (Å²) < 4.78 is 15.6. The fourth-order valence-electron chi connectivity index (χ4n) is 2.17. The van der Waals surface area contributed by atoms with Crippen LogP contribution in [0.15, 0.2) is 47.4 Å². The summed E-state index contributed by atoms with van der Waals surface area (Å²) in [7, 11) is 3.04. The van der Waals surface area contributed by atoms with E-state index in [4.69, 9.17) is 14.2 Å². The molecule has 2 rings (SSSR count). The molecule has 138 valence electrons. The first kappa shape index (κ1) is 19.7. The van der Waals surface area contributed by atoms with Gasteiger partial charge in [-0.2, -0.15) is 0 Å². The molecule has 0 aromatic heterocycles. The van der Waals surface area contributed by atoms with Gasteiger partial charge in [0, 0.05) is 16.6 Å². The van der Waals surface area contributed by atoms with E-state index >= 15 is 0 Å². The van der Waals surface area contributed by atoms with E-state index in [0.717, 1.165) is 4.90 Å². The smallest absolute Gasteiger partial charge is 0.338 e. The van der Waals surface area contributed by atoms with E-state index in [2.05, 4.69) is 5.32 Å². The summed E-state index contributed by atoms with van der Waals surface area (Å²) in [6, 6.07) is 12.0. The zero-order valence-corrected chi connectivity index (χ0v) is 15.9. The van der Waals surface area contributed by atoms with Crippen LogP contribution in [0, 0.1) is 0 Å². The molecule has 2 aromatic carbocycles. The van der Waals surface area contributed by atoms with Crippen molar-refractivity contribution in [2.45, 2.75) is 17.9 Å². The summed E-state index contributed by atoms with van der Waals surface area (Å²) in [5.41, 5.74) is 0.911. The van der Waals surface area contributed by atoms with Gasteiger partial charge in [0.15, 0.2) is 17.6 Å². The molecule has 1 atom stereocenters. The maximum Gasteiger partial charge on any atom is 0.338 e. The lowest BCUT2D eigenvalue weighted by Gasteiger charge is -2.15. The molecule has 0 bridgehead atoms. The number of hydrogen-bond acceptors (Lipinski definition) is 6. The minimum absolute atomic E-state index is 0.397. The number of esters is 1. The molecule has 2 aromatic rings. The molecule has 0 aliphatic heterocycles. The van der Waals surface area contributed by atoms with Gasteiger partial charge in [0.25, 0.3) is 5.91 Å². The second kappa shape index (κ2) is 9.15. The molecule has 0 heterocycles. The van der Waals surface area contributed by atoms with Gasteiger partial charge >= 0.3 is 5.97 Å². The zero-order chi connectivity index (χ0) is 19.1. The van der Waals surface area contributed by atoms with Crippen molar-refractivity contribution in [3.63, 3.8) is 0 Å². The zero-order valence-electron chi connectivity index (χ0n) is 15.1. The predicted molar refractivity (Wildman–Crippen MR) is 101 cm³/mol. The molecule has 0 spiro atoms. The van der Waals surface area contributed by atoms with E-state index in [1.165, 1.54) is 21.1 Å². The molecule has 0 aliphatic carbocycles. The number of thioether (sulfide) groups is 1. The molecule has 0 saturated heterocycles. The topological polar surface area (TPSA) is 73.9 Å². The Labute approximate surface area is 156 Å². The fourth-order valence-corrected chi connectivity index (χ4v) is 2.58. The molecule has 1 amide bonds. The number of carbonyl (C=O) groups excluding carboxylic acids is 2. The van der Waals surface area contributed by atoms with E-state index in [1.54, 1.807) is 42.1 Å². The minimum atomic E-state index is -0.948. The highest BCUT2D eigenvalue weighted by atomic mass is 32.2. The Morgan fingerprint density at radius 2 is 1.65 bits per heavy atom. The lowest BCUT2D eigenvalue weighted by atomic mass is 10.2. The molecule has 0 unspecified atom stereocenters. The quantitative estimate of drug-likeness (QED) is 0.589. The van der Waals surface area contributed by atoms with Crippen LogP contribution < -0.4 is 14.8 Å². The SMILES string of the molecule is COc1ccc(NC(=O)[C@@H](C)OC(=O)c2ccc(SC)cc2)cc1OC. The van der Waals surface area contributed by atoms with Gasteiger partial charge < -0.3 is 19.5 Å². The van der Waals surface area contributed by atoms with E-state index in [-0.39, 0.29) is 0 Å². The number of benzene rings is 2. The summed E-state index contributed by atoms with van der Waals surface area (Å²) in [5.74, 6) is 0.0569. The number of amides is 1. The Balaban J connectivity index is 1.99. The van der Waals surface area contributed by atoms with Gasteiger partial charge in [-0.25, -0.2) is 4.79 Å². The maximum atomic E-state index is 12.3. The fraction of sp³-hybridized carbons (Fsp3) is 0.263. The Morgan fingerprint density at radius 1 is 1.00 bits per heavy atom. The lowest BCUT2D eigenvalue weighted by Crippen LogP contribution is -2.30. The molecule has 26 heavy (non-hydrogen) atoms. The molecule has 1 N–H and O–H groups in total. The van der Waals surface area contributed by atoms with Gasteiger partial charge in [-0.15, -0.1) is 11.8 Å². The van der Waals surface area contributed by atoms with Crippen LogP contribution in [-0.2, 0) is 9.53 Å². The van der Waals surface area contributed by atoms with Gasteiger partial charge in [0.2, 0.25) is 0 Å². The molecule has 0 radical (unpaired) electrons. The number of anilines is 1. The van der Waals surface area contributed by atoms with Gasteiger partial charge in [-0.1, -0.05) is 0 Å². The Hall–Kier alpha value is -2.67. The number of methoxy groups -OCH3 is 2. The van der Waals surface area contributed by atoms with E-state index < -0.39 is 18.0 Å². The number of carbonyl (C=O) groups is 2.